The molecule has 0 radical (unpaired) electrons. The molecule has 1 atom stereocenters. The Balaban J connectivity index is 2.19. The third-order valence-corrected chi connectivity index (χ3v) is 3.75. The van der Waals surface area contributed by atoms with E-state index in [4.69, 9.17) is 10.5 Å². The fraction of sp³-hybridized carbons (Fsp3) is 0.400. The zero-order valence-electron chi connectivity index (χ0n) is 14.1. The molecule has 0 aliphatic rings. The highest BCUT2D eigenvalue weighted by atomic mass is 16.5. The van der Waals surface area contributed by atoms with Gasteiger partial charge in [0.2, 0.25) is 0 Å². The van der Waals surface area contributed by atoms with Crippen LogP contribution in [0.2, 0.25) is 0 Å². The summed E-state index contributed by atoms with van der Waals surface area (Å²) in [4.78, 5) is 0. The van der Waals surface area contributed by atoms with Gasteiger partial charge < -0.3 is 10.5 Å². The van der Waals surface area contributed by atoms with E-state index in [2.05, 4.69) is 50.2 Å². The quantitative estimate of drug-likeness (QED) is 0.859. The Morgan fingerprint density at radius 3 is 2.27 bits per heavy atom. The SMILES string of the molecule is Cc1cc(C)cc(C(CN)Cc2cccc(OC(C)C)c2)c1. The second kappa shape index (κ2) is 7.46. The first-order valence-electron chi connectivity index (χ1n) is 8.01. The van der Waals surface area contributed by atoms with Crippen LogP contribution in [-0.2, 0) is 6.42 Å². The van der Waals surface area contributed by atoms with Gasteiger partial charge in [-0.1, -0.05) is 41.5 Å². The van der Waals surface area contributed by atoms with E-state index in [0.29, 0.717) is 12.5 Å². The molecular formula is C20H27NO. The predicted molar refractivity (Wildman–Crippen MR) is 93.6 cm³/mol. The monoisotopic (exact) mass is 297 g/mol. The van der Waals surface area contributed by atoms with Gasteiger partial charge in [-0.05, 0) is 63.9 Å². The average molecular weight is 297 g/mol. The van der Waals surface area contributed by atoms with E-state index in [9.17, 15) is 0 Å². The van der Waals surface area contributed by atoms with Crippen molar-refractivity contribution >= 4 is 0 Å². The molecule has 0 aromatic heterocycles. The maximum Gasteiger partial charge on any atom is 0.119 e. The van der Waals surface area contributed by atoms with Gasteiger partial charge in [0.25, 0.3) is 0 Å². The maximum atomic E-state index is 6.04. The zero-order valence-corrected chi connectivity index (χ0v) is 14.1. The fourth-order valence-corrected chi connectivity index (χ4v) is 2.89. The van der Waals surface area contributed by atoms with Crippen LogP contribution < -0.4 is 10.5 Å². The molecule has 0 heterocycles. The topological polar surface area (TPSA) is 35.2 Å². The second-order valence-corrected chi connectivity index (χ2v) is 6.37. The first-order valence-corrected chi connectivity index (χ1v) is 8.01. The third-order valence-electron chi connectivity index (χ3n) is 3.75. The number of rotatable bonds is 6. The number of ether oxygens (including phenoxy) is 1. The Morgan fingerprint density at radius 2 is 1.68 bits per heavy atom. The highest BCUT2D eigenvalue weighted by Gasteiger charge is 2.12. The molecule has 2 N–H and O–H groups in total. The number of hydrogen-bond donors (Lipinski definition) is 1. The molecule has 0 amide bonds. The summed E-state index contributed by atoms with van der Waals surface area (Å²) in [7, 11) is 0. The molecule has 2 rings (SSSR count). The van der Waals surface area contributed by atoms with E-state index in [0.717, 1.165) is 12.2 Å². The van der Waals surface area contributed by atoms with Gasteiger partial charge in [-0.2, -0.15) is 0 Å². The molecule has 22 heavy (non-hydrogen) atoms. The lowest BCUT2D eigenvalue weighted by Gasteiger charge is -2.18. The second-order valence-electron chi connectivity index (χ2n) is 6.37. The van der Waals surface area contributed by atoms with Crippen LogP contribution in [0.3, 0.4) is 0 Å². The molecule has 0 bridgehead atoms. The summed E-state index contributed by atoms with van der Waals surface area (Å²) < 4.78 is 5.78. The van der Waals surface area contributed by atoms with Gasteiger partial charge in [-0.25, -0.2) is 0 Å². The Morgan fingerprint density at radius 1 is 1.00 bits per heavy atom. The summed E-state index contributed by atoms with van der Waals surface area (Å²) in [5.74, 6) is 1.27. The van der Waals surface area contributed by atoms with Crippen molar-refractivity contribution in [2.75, 3.05) is 6.54 Å². The molecule has 2 aromatic carbocycles. The smallest absolute Gasteiger partial charge is 0.119 e. The lowest BCUT2D eigenvalue weighted by Crippen LogP contribution is -2.15. The zero-order chi connectivity index (χ0) is 16.1. The molecule has 2 heteroatoms. The van der Waals surface area contributed by atoms with Crippen LogP contribution in [0.25, 0.3) is 0 Å². The minimum atomic E-state index is 0.194. The lowest BCUT2D eigenvalue weighted by molar-refractivity contribution is 0.242. The molecule has 2 aromatic rings. The van der Waals surface area contributed by atoms with E-state index < -0.39 is 0 Å². The first kappa shape index (κ1) is 16.6. The normalized spacial score (nSPS) is 12.5. The van der Waals surface area contributed by atoms with Crippen molar-refractivity contribution in [2.45, 2.75) is 46.1 Å². The van der Waals surface area contributed by atoms with E-state index in [1.807, 2.05) is 19.9 Å². The molecule has 0 aliphatic heterocycles. The van der Waals surface area contributed by atoms with Gasteiger partial charge in [0.15, 0.2) is 0 Å². The van der Waals surface area contributed by atoms with Crippen LogP contribution >= 0.6 is 0 Å². The first-order chi connectivity index (χ1) is 10.5. The van der Waals surface area contributed by atoms with Crippen molar-refractivity contribution in [2.24, 2.45) is 5.73 Å². The van der Waals surface area contributed by atoms with E-state index in [1.54, 1.807) is 0 Å². The van der Waals surface area contributed by atoms with Crippen LogP contribution in [-0.4, -0.2) is 12.6 Å². The van der Waals surface area contributed by atoms with Gasteiger partial charge in [-0.3, -0.25) is 0 Å². The van der Waals surface area contributed by atoms with Crippen LogP contribution in [0.4, 0.5) is 0 Å². The summed E-state index contributed by atoms with van der Waals surface area (Å²) in [6.07, 6.45) is 1.13. The predicted octanol–water partition coefficient (Wildman–Crippen LogP) is 4.38. The van der Waals surface area contributed by atoms with Crippen LogP contribution in [0.15, 0.2) is 42.5 Å². The number of nitrogens with two attached hydrogens (primary N) is 1. The van der Waals surface area contributed by atoms with Crippen molar-refractivity contribution in [1.29, 1.82) is 0 Å². The average Bonchev–Trinajstić information content (AvgIpc) is 2.43. The van der Waals surface area contributed by atoms with Crippen molar-refractivity contribution in [1.82, 2.24) is 0 Å². The molecule has 0 saturated carbocycles. The molecule has 0 spiro atoms. The summed E-state index contributed by atoms with van der Waals surface area (Å²) in [5, 5.41) is 0. The Kier molecular flexibility index (Phi) is 5.62. The van der Waals surface area contributed by atoms with Crippen LogP contribution in [0.5, 0.6) is 5.75 Å². The van der Waals surface area contributed by atoms with Crippen LogP contribution in [0.1, 0.15) is 42.0 Å². The van der Waals surface area contributed by atoms with E-state index in [-0.39, 0.29) is 6.10 Å². The standard InChI is InChI=1S/C20H27NO/c1-14(2)22-20-7-5-6-17(12-20)11-19(13-21)18-9-15(3)8-16(4)10-18/h5-10,12,14,19H,11,13,21H2,1-4H3. The minimum absolute atomic E-state index is 0.194. The summed E-state index contributed by atoms with van der Waals surface area (Å²) in [5.41, 5.74) is 11.2. The Labute approximate surface area is 134 Å². The molecule has 1 unspecified atom stereocenters. The van der Waals surface area contributed by atoms with Gasteiger partial charge in [0.05, 0.1) is 6.10 Å². The summed E-state index contributed by atoms with van der Waals surface area (Å²) in [6, 6.07) is 15.1. The van der Waals surface area contributed by atoms with E-state index >= 15 is 0 Å². The summed E-state index contributed by atoms with van der Waals surface area (Å²) in [6.45, 7) is 9.02. The van der Waals surface area contributed by atoms with Gasteiger partial charge >= 0.3 is 0 Å². The summed E-state index contributed by atoms with van der Waals surface area (Å²) >= 11 is 0. The van der Waals surface area contributed by atoms with Crippen molar-refractivity contribution in [3.8, 4) is 5.75 Å². The molecule has 2 nitrogen and oxygen atoms in total. The minimum Gasteiger partial charge on any atom is -0.491 e. The van der Waals surface area contributed by atoms with Crippen molar-refractivity contribution < 1.29 is 4.74 Å². The maximum absolute atomic E-state index is 6.04. The van der Waals surface area contributed by atoms with E-state index in [1.165, 1.54) is 22.3 Å². The number of benzene rings is 2. The van der Waals surface area contributed by atoms with Gasteiger partial charge in [0.1, 0.15) is 5.75 Å². The fourth-order valence-electron chi connectivity index (χ4n) is 2.89. The molecule has 0 fully saturated rings. The van der Waals surface area contributed by atoms with Gasteiger partial charge in [0, 0.05) is 5.92 Å². The number of aryl methyl sites for hydroxylation is 2. The number of hydrogen-bond acceptors (Lipinski definition) is 2. The molecule has 0 aliphatic carbocycles. The molecular weight excluding hydrogens is 270 g/mol. The third kappa shape index (κ3) is 4.60. The van der Waals surface area contributed by atoms with Crippen molar-refractivity contribution in [3.63, 3.8) is 0 Å². The Hall–Kier alpha value is -1.80. The highest BCUT2D eigenvalue weighted by Crippen LogP contribution is 2.24. The largest absolute Gasteiger partial charge is 0.491 e. The Bertz CT molecular complexity index is 599. The van der Waals surface area contributed by atoms with Crippen LogP contribution in [0, 0.1) is 13.8 Å². The molecule has 0 saturated heterocycles. The van der Waals surface area contributed by atoms with Gasteiger partial charge in [-0.15, -0.1) is 0 Å². The highest BCUT2D eigenvalue weighted by molar-refractivity contribution is 5.34. The lowest BCUT2D eigenvalue weighted by atomic mass is 9.90. The van der Waals surface area contributed by atoms with Crippen molar-refractivity contribution in [3.05, 3.63) is 64.7 Å². The molecule has 118 valence electrons.